The van der Waals surface area contributed by atoms with E-state index in [1.807, 2.05) is 31.2 Å². The maximum absolute atomic E-state index is 10.8. The molecule has 0 amide bonds. The SMILES string of the molecule is Cc1cc(NC(C)c2ccc(Cl)cc2)ccc1[N+](=O)[O-]. The molecule has 0 heterocycles. The predicted molar refractivity (Wildman–Crippen MR) is 81.3 cm³/mol. The predicted octanol–water partition coefficient (Wildman–Crippen LogP) is 4.73. The molecule has 0 spiro atoms. The van der Waals surface area contributed by atoms with Crippen molar-refractivity contribution in [3.63, 3.8) is 0 Å². The molecule has 0 aliphatic carbocycles. The van der Waals surface area contributed by atoms with Gasteiger partial charge >= 0.3 is 0 Å². The van der Waals surface area contributed by atoms with Crippen LogP contribution in [0.25, 0.3) is 0 Å². The first-order valence-corrected chi connectivity index (χ1v) is 6.62. The van der Waals surface area contributed by atoms with Crippen LogP contribution in [-0.2, 0) is 0 Å². The van der Waals surface area contributed by atoms with E-state index in [0.717, 1.165) is 11.3 Å². The quantitative estimate of drug-likeness (QED) is 0.654. The van der Waals surface area contributed by atoms with Gasteiger partial charge in [-0.25, -0.2) is 0 Å². The molecule has 2 aromatic rings. The fourth-order valence-corrected chi connectivity index (χ4v) is 2.16. The molecule has 0 radical (unpaired) electrons. The van der Waals surface area contributed by atoms with Gasteiger partial charge in [0.25, 0.3) is 5.69 Å². The van der Waals surface area contributed by atoms with Crippen molar-refractivity contribution in [3.8, 4) is 0 Å². The third-order valence-electron chi connectivity index (χ3n) is 3.15. The third kappa shape index (κ3) is 3.27. The van der Waals surface area contributed by atoms with E-state index in [2.05, 4.69) is 5.32 Å². The van der Waals surface area contributed by atoms with Gasteiger partial charge < -0.3 is 5.32 Å². The van der Waals surface area contributed by atoms with Gasteiger partial charge in [-0.3, -0.25) is 10.1 Å². The van der Waals surface area contributed by atoms with E-state index in [0.29, 0.717) is 10.6 Å². The lowest BCUT2D eigenvalue weighted by atomic mass is 10.1. The molecule has 2 aromatic carbocycles. The second kappa shape index (κ2) is 5.92. The molecule has 0 saturated carbocycles. The van der Waals surface area contributed by atoms with Crippen molar-refractivity contribution in [1.29, 1.82) is 0 Å². The molecular formula is C15H15ClN2O2. The first-order valence-electron chi connectivity index (χ1n) is 6.24. The van der Waals surface area contributed by atoms with Crippen LogP contribution in [0.2, 0.25) is 5.02 Å². The van der Waals surface area contributed by atoms with Crippen molar-refractivity contribution >= 4 is 23.0 Å². The van der Waals surface area contributed by atoms with Gasteiger partial charge in [-0.1, -0.05) is 23.7 Å². The minimum absolute atomic E-state index is 0.0909. The van der Waals surface area contributed by atoms with Gasteiger partial charge in [-0.15, -0.1) is 0 Å². The molecule has 0 bridgehead atoms. The fourth-order valence-electron chi connectivity index (χ4n) is 2.03. The van der Waals surface area contributed by atoms with Crippen molar-refractivity contribution < 1.29 is 4.92 Å². The molecule has 1 N–H and O–H groups in total. The Morgan fingerprint density at radius 1 is 1.20 bits per heavy atom. The second-order valence-electron chi connectivity index (χ2n) is 4.68. The van der Waals surface area contributed by atoms with Crippen molar-refractivity contribution in [1.82, 2.24) is 0 Å². The molecule has 20 heavy (non-hydrogen) atoms. The molecule has 0 aromatic heterocycles. The minimum Gasteiger partial charge on any atom is -0.379 e. The highest BCUT2D eigenvalue weighted by atomic mass is 35.5. The standard InChI is InChI=1S/C15H15ClN2O2/c1-10-9-14(7-8-15(10)18(19)20)17-11(2)12-3-5-13(16)6-4-12/h3-9,11,17H,1-2H3. The number of aryl methyl sites for hydroxylation is 1. The summed E-state index contributed by atoms with van der Waals surface area (Å²) in [6.07, 6.45) is 0. The Hall–Kier alpha value is -2.07. The Morgan fingerprint density at radius 2 is 1.85 bits per heavy atom. The summed E-state index contributed by atoms with van der Waals surface area (Å²) in [4.78, 5) is 10.4. The summed E-state index contributed by atoms with van der Waals surface area (Å²) < 4.78 is 0. The van der Waals surface area contributed by atoms with Gasteiger partial charge in [-0.05, 0) is 43.7 Å². The Morgan fingerprint density at radius 3 is 2.40 bits per heavy atom. The van der Waals surface area contributed by atoms with E-state index < -0.39 is 0 Å². The summed E-state index contributed by atoms with van der Waals surface area (Å²) in [6.45, 7) is 3.76. The van der Waals surface area contributed by atoms with Crippen molar-refractivity contribution in [2.24, 2.45) is 0 Å². The van der Waals surface area contributed by atoms with Crippen LogP contribution in [0, 0.1) is 17.0 Å². The van der Waals surface area contributed by atoms with Gasteiger partial charge in [-0.2, -0.15) is 0 Å². The van der Waals surface area contributed by atoms with Crippen LogP contribution in [0.3, 0.4) is 0 Å². The van der Waals surface area contributed by atoms with Crippen molar-refractivity contribution in [2.75, 3.05) is 5.32 Å². The summed E-state index contributed by atoms with van der Waals surface area (Å²) in [5.74, 6) is 0. The van der Waals surface area contributed by atoms with Crippen LogP contribution >= 0.6 is 11.6 Å². The smallest absolute Gasteiger partial charge is 0.272 e. The van der Waals surface area contributed by atoms with E-state index in [1.54, 1.807) is 19.1 Å². The summed E-state index contributed by atoms with van der Waals surface area (Å²) in [6, 6.07) is 12.7. The highest BCUT2D eigenvalue weighted by Crippen LogP contribution is 2.25. The lowest BCUT2D eigenvalue weighted by molar-refractivity contribution is -0.385. The molecule has 104 valence electrons. The molecule has 2 rings (SSSR count). The highest BCUT2D eigenvalue weighted by molar-refractivity contribution is 6.30. The highest BCUT2D eigenvalue weighted by Gasteiger charge is 2.11. The number of nitrogens with zero attached hydrogens (tertiary/aromatic N) is 1. The number of hydrogen-bond donors (Lipinski definition) is 1. The van der Waals surface area contributed by atoms with Crippen molar-refractivity contribution in [2.45, 2.75) is 19.9 Å². The first-order chi connectivity index (χ1) is 9.47. The molecule has 0 saturated heterocycles. The lowest BCUT2D eigenvalue weighted by Gasteiger charge is -2.16. The van der Waals surface area contributed by atoms with E-state index in [1.165, 1.54) is 6.07 Å². The minimum atomic E-state index is -0.373. The lowest BCUT2D eigenvalue weighted by Crippen LogP contribution is -2.06. The Kier molecular flexibility index (Phi) is 4.25. The van der Waals surface area contributed by atoms with E-state index in [4.69, 9.17) is 11.6 Å². The number of nitro benzene ring substituents is 1. The molecule has 0 aliphatic heterocycles. The number of halogens is 1. The molecule has 5 heteroatoms. The van der Waals surface area contributed by atoms with Gasteiger partial charge in [0.05, 0.1) is 4.92 Å². The summed E-state index contributed by atoms with van der Waals surface area (Å²) >= 11 is 5.86. The molecule has 1 unspecified atom stereocenters. The number of hydrogen-bond acceptors (Lipinski definition) is 3. The summed E-state index contributed by atoms with van der Waals surface area (Å²) in [7, 11) is 0. The number of nitrogens with one attached hydrogen (secondary N) is 1. The van der Waals surface area contributed by atoms with Crippen LogP contribution in [0.5, 0.6) is 0 Å². The van der Waals surface area contributed by atoms with Gasteiger partial charge in [0.2, 0.25) is 0 Å². The van der Waals surface area contributed by atoms with E-state index in [-0.39, 0.29) is 16.7 Å². The number of nitro groups is 1. The molecule has 0 fully saturated rings. The van der Waals surface area contributed by atoms with Gasteiger partial charge in [0.1, 0.15) is 0 Å². The number of rotatable bonds is 4. The monoisotopic (exact) mass is 290 g/mol. The van der Waals surface area contributed by atoms with Crippen LogP contribution in [0.15, 0.2) is 42.5 Å². The maximum atomic E-state index is 10.8. The largest absolute Gasteiger partial charge is 0.379 e. The fraction of sp³-hybridized carbons (Fsp3) is 0.200. The van der Waals surface area contributed by atoms with E-state index in [9.17, 15) is 10.1 Å². The third-order valence-corrected chi connectivity index (χ3v) is 3.40. The maximum Gasteiger partial charge on any atom is 0.272 e. The first kappa shape index (κ1) is 14.3. The molecule has 4 nitrogen and oxygen atoms in total. The molecular weight excluding hydrogens is 276 g/mol. The zero-order valence-electron chi connectivity index (χ0n) is 11.3. The average Bonchev–Trinajstić information content (AvgIpc) is 2.39. The van der Waals surface area contributed by atoms with Crippen LogP contribution in [-0.4, -0.2) is 4.92 Å². The summed E-state index contributed by atoms with van der Waals surface area (Å²) in [5.41, 5.74) is 2.74. The Bertz CT molecular complexity index is 626. The summed E-state index contributed by atoms with van der Waals surface area (Å²) in [5, 5.41) is 14.8. The van der Waals surface area contributed by atoms with Gasteiger partial charge in [0.15, 0.2) is 0 Å². The van der Waals surface area contributed by atoms with Crippen LogP contribution < -0.4 is 5.32 Å². The van der Waals surface area contributed by atoms with Gasteiger partial charge in [0, 0.05) is 28.4 Å². The Balaban J connectivity index is 2.15. The van der Waals surface area contributed by atoms with E-state index >= 15 is 0 Å². The molecule has 1 atom stereocenters. The number of anilines is 1. The Labute approximate surface area is 122 Å². The normalized spacial score (nSPS) is 11.9. The number of benzene rings is 2. The topological polar surface area (TPSA) is 55.2 Å². The van der Waals surface area contributed by atoms with Crippen molar-refractivity contribution in [3.05, 3.63) is 68.7 Å². The molecule has 0 aliphatic rings. The zero-order valence-corrected chi connectivity index (χ0v) is 12.0. The van der Waals surface area contributed by atoms with Crippen LogP contribution in [0.1, 0.15) is 24.1 Å². The average molecular weight is 291 g/mol. The zero-order chi connectivity index (χ0) is 14.7. The second-order valence-corrected chi connectivity index (χ2v) is 5.11. The van der Waals surface area contributed by atoms with Crippen LogP contribution in [0.4, 0.5) is 11.4 Å².